The molecule has 1 aromatic carbocycles. The largest absolute Gasteiger partial charge is 0.353 e. The number of nitrogens with one attached hydrogen (secondary N) is 1. The van der Waals surface area contributed by atoms with Gasteiger partial charge in [0.15, 0.2) is 0 Å². The molecule has 0 fully saturated rings. The van der Waals surface area contributed by atoms with Crippen LogP contribution in [-0.2, 0) is 11.2 Å². The standard InChI is InChI=1S/C16H22N2O/c1-11(2)14-7-5-13(6-8-14)9-15(10-17)16(19)18-12(3)4/h5-8,11-12,15H,9H2,1-4H3,(H,18,19). The van der Waals surface area contributed by atoms with Crippen LogP contribution in [-0.4, -0.2) is 11.9 Å². The van der Waals surface area contributed by atoms with Crippen molar-refractivity contribution in [3.05, 3.63) is 35.4 Å². The molecule has 1 atom stereocenters. The number of nitriles is 1. The Labute approximate surface area is 115 Å². The van der Waals surface area contributed by atoms with Gasteiger partial charge in [-0.15, -0.1) is 0 Å². The number of benzene rings is 1. The van der Waals surface area contributed by atoms with Gasteiger partial charge in [0.1, 0.15) is 5.92 Å². The van der Waals surface area contributed by atoms with Crippen LogP contribution in [0.4, 0.5) is 0 Å². The van der Waals surface area contributed by atoms with Crippen molar-refractivity contribution in [2.75, 3.05) is 0 Å². The fourth-order valence-electron chi connectivity index (χ4n) is 1.86. The van der Waals surface area contributed by atoms with E-state index in [0.717, 1.165) is 5.56 Å². The van der Waals surface area contributed by atoms with Crippen LogP contribution in [0.1, 0.15) is 44.7 Å². The zero-order chi connectivity index (χ0) is 14.4. The van der Waals surface area contributed by atoms with Crippen molar-refractivity contribution in [1.82, 2.24) is 5.32 Å². The SMILES string of the molecule is CC(C)NC(=O)C(C#N)Cc1ccc(C(C)C)cc1. The molecule has 1 unspecified atom stereocenters. The molecule has 0 aromatic heterocycles. The second-order valence-electron chi connectivity index (χ2n) is 5.45. The minimum Gasteiger partial charge on any atom is -0.353 e. The third-order valence-corrected chi connectivity index (χ3v) is 2.99. The lowest BCUT2D eigenvalue weighted by Crippen LogP contribution is -2.35. The fraction of sp³-hybridized carbons (Fsp3) is 0.500. The summed E-state index contributed by atoms with van der Waals surface area (Å²) in [6.45, 7) is 8.07. The topological polar surface area (TPSA) is 52.9 Å². The molecule has 0 aliphatic carbocycles. The van der Waals surface area contributed by atoms with Gasteiger partial charge in [0, 0.05) is 6.04 Å². The number of carbonyl (C=O) groups is 1. The Morgan fingerprint density at radius 1 is 1.21 bits per heavy atom. The van der Waals surface area contributed by atoms with E-state index in [9.17, 15) is 4.79 Å². The van der Waals surface area contributed by atoms with E-state index >= 15 is 0 Å². The smallest absolute Gasteiger partial charge is 0.237 e. The number of nitrogens with zero attached hydrogens (tertiary/aromatic N) is 1. The summed E-state index contributed by atoms with van der Waals surface area (Å²) in [6, 6.07) is 10.3. The van der Waals surface area contributed by atoms with Crippen molar-refractivity contribution in [1.29, 1.82) is 5.26 Å². The quantitative estimate of drug-likeness (QED) is 0.882. The summed E-state index contributed by atoms with van der Waals surface area (Å²) in [5.41, 5.74) is 2.29. The molecule has 0 bridgehead atoms. The molecule has 0 radical (unpaired) electrons. The summed E-state index contributed by atoms with van der Waals surface area (Å²) < 4.78 is 0. The Balaban J connectivity index is 2.71. The second kappa shape index (κ2) is 6.94. The van der Waals surface area contributed by atoms with Crippen LogP contribution in [0.2, 0.25) is 0 Å². The summed E-state index contributed by atoms with van der Waals surface area (Å²) in [5.74, 6) is -0.317. The highest BCUT2D eigenvalue weighted by atomic mass is 16.1. The van der Waals surface area contributed by atoms with Gasteiger partial charge >= 0.3 is 0 Å². The van der Waals surface area contributed by atoms with Crippen LogP contribution in [0.25, 0.3) is 0 Å². The van der Waals surface area contributed by atoms with Gasteiger partial charge in [-0.1, -0.05) is 38.1 Å². The van der Waals surface area contributed by atoms with E-state index in [1.807, 2.05) is 26.0 Å². The molecule has 3 nitrogen and oxygen atoms in total. The molecule has 0 heterocycles. The monoisotopic (exact) mass is 258 g/mol. The van der Waals surface area contributed by atoms with E-state index in [4.69, 9.17) is 5.26 Å². The molecule has 102 valence electrons. The van der Waals surface area contributed by atoms with Crippen molar-refractivity contribution in [2.24, 2.45) is 5.92 Å². The van der Waals surface area contributed by atoms with E-state index in [1.54, 1.807) is 0 Å². The molecular formula is C16H22N2O. The van der Waals surface area contributed by atoms with Crippen LogP contribution in [0.15, 0.2) is 24.3 Å². The Morgan fingerprint density at radius 3 is 2.21 bits per heavy atom. The molecule has 3 heteroatoms. The average molecular weight is 258 g/mol. The van der Waals surface area contributed by atoms with Crippen LogP contribution in [0.5, 0.6) is 0 Å². The lowest BCUT2D eigenvalue weighted by molar-refractivity contribution is -0.123. The van der Waals surface area contributed by atoms with Crippen molar-refractivity contribution in [3.8, 4) is 6.07 Å². The highest BCUT2D eigenvalue weighted by Crippen LogP contribution is 2.16. The average Bonchev–Trinajstić information content (AvgIpc) is 2.35. The van der Waals surface area contributed by atoms with E-state index < -0.39 is 5.92 Å². The maximum atomic E-state index is 11.8. The second-order valence-corrected chi connectivity index (χ2v) is 5.45. The third-order valence-electron chi connectivity index (χ3n) is 2.99. The molecule has 0 saturated heterocycles. The summed E-state index contributed by atoms with van der Waals surface area (Å²) in [4.78, 5) is 11.8. The van der Waals surface area contributed by atoms with Crippen molar-refractivity contribution in [3.63, 3.8) is 0 Å². The maximum absolute atomic E-state index is 11.8. The van der Waals surface area contributed by atoms with E-state index in [0.29, 0.717) is 12.3 Å². The molecule has 0 aliphatic rings. The Bertz CT molecular complexity index is 455. The van der Waals surface area contributed by atoms with Gasteiger partial charge < -0.3 is 5.32 Å². The normalized spacial score (nSPS) is 12.3. The van der Waals surface area contributed by atoms with Gasteiger partial charge in [-0.2, -0.15) is 5.26 Å². The third kappa shape index (κ3) is 4.75. The zero-order valence-electron chi connectivity index (χ0n) is 12.1. The molecule has 1 aromatic rings. The maximum Gasteiger partial charge on any atom is 0.237 e. The molecule has 1 rings (SSSR count). The molecule has 1 N–H and O–H groups in total. The Hall–Kier alpha value is -1.82. The minimum absolute atomic E-state index is 0.0617. The lowest BCUT2D eigenvalue weighted by Gasteiger charge is -2.13. The summed E-state index contributed by atoms with van der Waals surface area (Å²) in [7, 11) is 0. The molecule has 0 saturated carbocycles. The first-order chi connectivity index (χ1) is 8.93. The van der Waals surface area contributed by atoms with Gasteiger partial charge in [0.25, 0.3) is 0 Å². The number of rotatable bonds is 5. The van der Waals surface area contributed by atoms with Crippen LogP contribution < -0.4 is 5.32 Å². The zero-order valence-corrected chi connectivity index (χ0v) is 12.1. The molecule has 0 aliphatic heterocycles. The summed E-state index contributed by atoms with van der Waals surface area (Å²) in [6.07, 6.45) is 0.466. The molecular weight excluding hydrogens is 236 g/mol. The first-order valence-electron chi connectivity index (χ1n) is 6.73. The van der Waals surface area contributed by atoms with Gasteiger partial charge in [0.05, 0.1) is 6.07 Å². The van der Waals surface area contributed by atoms with Gasteiger partial charge in [-0.05, 0) is 37.3 Å². The minimum atomic E-state index is -0.618. The Kier molecular flexibility index (Phi) is 5.57. The van der Waals surface area contributed by atoms with Crippen molar-refractivity contribution >= 4 is 5.91 Å². The lowest BCUT2D eigenvalue weighted by atomic mass is 9.96. The number of carbonyl (C=O) groups excluding carboxylic acids is 1. The highest BCUT2D eigenvalue weighted by molar-refractivity contribution is 5.81. The molecule has 1 amide bonds. The van der Waals surface area contributed by atoms with Crippen LogP contribution in [0, 0.1) is 17.2 Å². The van der Waals surface area contributed by atoms with E-state index in [1.165, 1.54) is 5.56 Å². The van der Waals surface area contributed by atoms with Gasteiger partial charge in [-0.25, -0.2) is 0 Å². The predicted octanol–water partition coefficient (Wildman–Crippen LogP) is 3.02. The van der Waals surface area contributed by atoms with Gasteiger partial charge in [0.2, 0.25) is 5.91 Å². The number of amides is 1. The molecule has 19 heavy (non-hydrogen) atoms. The van der Waals surface area contributed by atoms with Gasteiger partial charge in [-0.3, -0.25) is 4.79 Å². The van der Waals surface area contributed by atoms with Crippen LogP contribution in [0.3, 0.4) is 0 Å². The van der Waals surface area contributed by atoms with Crippen LogP contribution >= 0.6 is 0 Å². The molecule has 0 spiro atoms. The predicted molar refractivity (Wildman–Crippen MR) is 76.6 cm³/mol. The first kappa shape index (κ1) is 15.2. The van der Waals surface area contributed by atoms with E-state index in [-0.39, 0.29) is 11.9 Å². The first-order valence-corrected chi connectivity index (χ1v) is 6.73. The van der Waals surface area contributed by atoms with E-state index in [2.05, 4.69) is 37.4 Å². The summed E-state index contributed by atoms with van der Waals surface area (Å²) in [5, 5.41) is 11.9. The Morgan fingerprint density at radius 2 is 1.79 bits per heavy atom. The summed E-state index contributed by atoms with van der Waals surface area (Å²) >= 11 is 0. The van der Waals surface area contributed by atoms with Crippen molar-refractivity contribution in [2.45, 2.75) is 46.1 Å². The van der Waals surface area contributed by atoms with Crippen molar-refractivity contribution < 1.29 is 4.79 Å². The fourth-order valence-corrected chi connectivity index (χ4v) is 1.86. The highest BCUT2D eigenvalue weighted by Gasteiger charge is 2.18. The number of hydrogen-bond donors (Lipinski definition) is 1. The number of hydrogen-bond acceptors (Lipinski definition) is 2.